The monoisotopic (exact) mass is 280 g/mol. The Labute approximate surface area is 117 Å². The number of carbonyl (C=O) groups is 2. The first-order chi connectivity index (χ1) is 9.56. The van der Waals surface area contributed by atoms with E-state index in [-0.39, 0.29) is 12.5 Å². The molecule has 2 heterocycles. The predicted octanol–water partition coefficient (Wildman–Crippen LogP) is 0.245. The van der Waals surface area contributed by atoms with Gasteiger partial charge >= 0.3 is 5.97 Å². The molecule has 0 saturated carbocycles. The summed E-state index contributed by atoms with van der Waals surface area (Å²) in [5, 5.41) is 18.3. The van der Waals surface area contributed by atoms with Crippen LogP contribution in [0.5, 0.6) is 0 Å². The van der Waals surface area contributed by atoms with Crippen LogP contribution < -0.4 is 5.32 Å². The average molecular weight is 280 g/mol. The van der Waals surface area contributed by atoms with Crippen LogP contribution in [0.3, 0.4) is 0 Å². The zero-order valence-corrected chi connectivity index (χ0v) is 11.6. The summed E-state index contributed by atoms with van der Waals surface area (Å²) in [5.41, 5.74) is 1.31. The van der Waals surface area contributed by atoms with Gasteiger partial charge in [-0.05, 0) is 31.7 Å². The number of aromatic amines is 1. The van der Waals surface area contributed by atoms with Crippen molar-refractivity contribution in [3.05, 3.63) is 17.5 Å². The molecule has 2 rings (SSSR count). The Kier molecular flexibility index (Phi) is 4.73. The zero-order valence-electron chi connectivity index (χ0n) is 11.6. The fourth-order valence-corrected chi connectivity index (χ4v) is 2.49. The summed E-state index contributed by atoms with van der Waals surface area (Å²) < 4.78 is 0. The van der Waals surface area contributed by atoms with Crippen LogP contribution in [0.2, 0.25) is 0 Å². The molecule has 1 aliphatic heterocycles. The Bertz CT molecular complexity index is 486. The van der Waals surface area contributed by atoms with Gasteiger partial charge in [-0.25, -0.2) is 0 Å². The van der Waals surface area contributed by atoms with Crippen LogP contribution in [0.15, 0.2) is 6.07 Å². The van der Waals surface area contributed by atoms with E-state index in [0.717, 1.165) is 25.1 Å². The molecule has 1 amide bonds. The summed E-state index contributed by atoms with van der Waals surface area (Å²) in [7, 11) is 0. The maximum absolute atomic E-state index is 12.3. The molecule has 7 heteroatoms. The van der Waals surface area contributed by atoms with Crippen LogP contribution in [0.25, 0.3) is 0 Å². The number of aliphatic carboxylic acids is 1. The molecule has 0 aromatic carbocycles. The molecule has 0 spiro atoms. The van der Waals surface area contributed by atoms with E-state index in [2.05, 4.69) is 15.5 Å². The number of H-pyrrole nitrogens is 1. The highest BCUT2D eigenvalue weighted by Crippen LogP contribution is 2.17. The molecular weight excluding hydrogens is 260 g/mol. The Morgan fingerprint density at radius 2 is 2.40 bits per heavy atom. The summed E-state index contributed by atoms with van der Waals surface area (Å²) >= 11 is 0. The van der Waals surface area contributed by atoms with Crippen molar-refractivity contribution < 1.29 is 14.7 Å². The van der Waals surface area contributed by atoms with Gasteiger partial charge in [0.1, 0.15) is 5.69 Å². The minimum atomic E-state index is -0.860. The highest BCUT2D eigenvalue weighted by molar-refractivity contribution is 5.92. The van der Waals surface area contributed by atoms with Crippen molar-refractivity contribution in [3.8, 4) is 0 Å². The van der Waals surface area contributed by atoms with Crippen molar-refractivity contribution >= 4 is 11.9 Å². The number of rotatable bonds is 5. The maximum atomic E-state index is 12.3. The number of amides is 1. The number of aryl methyl sites for hydroxylation is 1. The van der Waals surface area contributed by atoms with Crippen LogP contribution in [-0.4, -0.2) is 58.3 Å². The number of hydrogen-bond donors (Lipinski definition) is 3. The first kappa shape index (κ1) is 14.5. The fraction of sp³-hybridized carbons (Fsp3) is 0.615. The molecule has 20 heavy (non-hydrogen) atoms. The summed E-state index contributed by atoms with van der Waals surface area (Å²) in [6.45, 7) is 3.83. The third-order valence-electron chi connectivity index (χ3n) is 3.44. The Morgan fingerprint density at radius 3 is 3.05 bits per heavy atom. The molecule has 0 bridgehead atoms. The molecule has 110 valence electrons. The van der Waals surface area contributed by atoms with Crippen molar-refractivity contribution in [2.75, 3.05) is 26.2 Å². The second-order valence-corrected chi connectivity index (χ2v) is 5.22. The Morgan fingerprint density at radius 1 is 1.60 bits per heavy atom. The van der Waals surface area contributed by atoms with Gasteiger partial charge in [-0.2, -0.15) is 5.10 Å². The van der Waals surface area contributed by atoms with Gasteiger partial charge in [0.2, 0.25) is 0 Å². The standard InChI is InChI=1S/C13H20N4O3/c1-9-5-11(16-15-9)13(20)17-4-2-3-10(8-17)6-14-7-12(18)19/h5,10,14H,2-4,6-8H2,1H3,(H,15,16)(H,18,19). The highest BCUT2D eigenvalue weighted by atomic mass is 16.4. The largest absolute Gasteiger partial charge is 0.480 e. The number of likely N-dealkylation sites (tertiary alicyclic amines) is 1. The number of piperidine rings is 1. The third kappa shape index (κ3) is 3.80. The Balaban J connectivity index is 1.86. The fourth-order valence-electron chi connectivity index (χ4n) is 2.49. The Hall–Kier alpha value is -1.89. The number of aromatic nitrogens is 2. The topological polar surface area (TPSA) is 98.3 Å². The van der Waals surface area contributed by atoms with E-state index >= 15 is 0 Å². The lowest BCUT2D eigenvalue weighted by molar-refractivity contribution is -0.136. The third-order valence-corrected chi connectivity index (χ3v) is 3.44. The van der Waals surface area contributed by atoms with Crippen LogP contribution >= 0.6 is 0 Å². The second kappa shape index (κ2) is 6.51. The van der Waals surface area contributed by atoms with Crippen LogP contribution in [0.4, 0.5) is 0 Å². The van der Waals surface area contributed by atoms with Crippen molar-refractivity contribution in [3.63, 3.8) is 0 Å². The minimum absolute atomic E-state index is 0.0387. The summed E-state index contributed by atoms with van der Waals surface area (Å²) in [6, 6.07) is 1.74. The number of carbonyl (C=O) groups excluding carboxylic acids is 1. The van der Waals surface area contributed by atoms with E-state index in [1.165, 1.54) is 0 Å². The van der Waals surface area contributed by atoms with Gasteiger partial charge in [-0.1, -0.05) is 0 Å². The molecule has 1 fully saturated rings. The summed E-state index contributed by atoms with van der Waals surface area (Å²) in [5.74, 6) is -0.620. The number of nitrogens with one attached hydrogen (secondary N) is 2. The molecule has 1 atom stereocenters. The van der Waals surface area contributed by atoms with Crippen molar-refractivity contribution in [2.45, 2.75) is 19.8 Å². The second-order valence-electron chi connectivity index (χ2n) is 5.22. The molecule has 1 saturated heterocycles. The molecule has 1 aromatic rings. The van der Waals surface area contributed by atoms with Gasteiger partial charge < -0.3 is 15.3 Å². The molecule has 0 aliphatic carbocycles. The van der Waals surface area contributed by atoms with Gasteiger partial charge in [0.15, 0.2) is 0 Å². The lowest BCUT2D eigenvalue weighted by atomic mass is 9.97. The summed E-state index contributed by atoms with van der Waals surface area (Å²) in [4.78, 5) is 24.5. The van der Waals surface area contributed by atoms with Gasteiger partial charge in [-0.15, -0.1) is 0 Å². The minimum Gasteiger partial charge on any atom is -0.480 e. The highest BCUT2D eigenvalue weighted by Gasteiger charge is 2.25. The van der Waals surface area contributed by atoms with Crippen molar-refractivity contribution in [2.24, 2.45) is 5.92 Å². The van der Waals surface area contributed by atoms with Crippen molar-refractivity contribution in [1.29, 1.82) is 0 Å². The maximum Gasteiger partial charge on any atom is 0.317 e. The molecule has 1 unspecified atom stereocenters. The van der Waals surface area contributed by atoms with Gasteiger partial charge in [0, 0.05) is 25.3 Å². The summed E-state index contributed by atoms with van der Waals surface area (Å²) in [6.07, 6.45) is 1.95. The smallest absolute Gasteiger partial charge is 0.317 e. The molecule has 7 nitrogen and oxygen atoms in total. The van der Waals surface area contributed by atoms with Crippen molar-refractivity contribution in [1.82, 2.24) is 20.4 Å². The first-order valence-corrected chi connectivity index (χ1v) is 6.80. The zero-order chi connectivity index (χ0) is 14.5. The average Bonchev–Trinajstić information content (AvgIpc) is 2.84. The van der Waals surface area contributed by atoms with E-state index in [1.54, 1.807) is 11.0 Å². The first-order valence-electron chi connectivity index (χ1n) is 6.80. The van der Waals surface area contributed by atoms with Gasteiger partial charge in [0.05, 0.1) is 6.54 Å². The quantitative estimate of drug-likeness (QED) is 0.718. The number of carboxylic acids is 1. The van der Waals surface area contributed by atoms with Gasteiger partial charge in [-0.3, -0.25) is 14.7 Å². The SMILES string of the molecule is Cc1cc(C(=O)N2CCCC(CNCC(=O)O)C2)n[nH]1. The number of carboxylic acid groups (broad SMARTS) is 1. The van der Waals surface area contributed by atoms with E-state index < -0.39 is 5.97 Å². The van der Waals surface area contributed by atoms with E-state index in [1.807, 2.05) is 6.92 Å². The molecular formula is C13H20N4O3. The lowest BCUT2D eigenvalue weighted by Crippen LogP contribution is -2.43. The molecule has 1 aromatic heterocycles. The number of hydrogen-bond acceptors (Lipinski definition) is 4. The normalized spacial score (nSPS) is 19.1. The molecule has 1 aliphatic rings. The van der Waals surface area contributed by atoms with E-state index in [0.29, 0.717) is 24.7 Å². The van der Waals surface area contributed by atoms with E-state index in [4.69, 9.17) is 5.11 Å². The number of nitrogens with zero attached hydrogens (tertiary/aromatic N) is 2. The van der Waals surface area contributed by atoms with E-state index in [9.17, 15) is 9.59 Å². The lowest BCUT2D eigenvalue weighted by Gasteiger charge is -2.32. The van der Waals surface area contributed by atoms with Crippen LogP contribution in [0.1, 0.15) is 29.0 Å². The molecule has 0 radical (unpaired) electrons. The molecule has 3 N–H and O–H groups in total. The van der Waals surface area contributed by atoms with Crippen LogP contribution in [0, 0.1) is 12.8 Å². The van der Waals surface area contributed by atoms with Gasteiger partial charge in [0.25, 0.3) is 5.91 Å². The van der Waals surface area contributed by atoms with Crippen LogP contribution in [-0.2, 0) is 4.79 Å². The predicted molar refractivity (Wildman–Crippen MR) is 72.5 cm³/mol.